The molecule has 0 radical (unpaired) electrons. The van der Waals surface area contributed by atoms with E-state index in [0.717, 1.165) is 0 Å². The molecule has 2 heterocycles. The van der Waals surface area contributed by atoms with Crippen molar-refractivity contribution in [2.45, 2.75) is 19.4 Å². The van der Waals surface area contributed by atoms with Crippen molar-refractivity contribution in [2.75, 3.05) is 6.79 Å². The Kier molecular flexibility index (Phi) is 5.89. The molecule has 2 aromatic carbocycles. The van der Waals surface area contributed by atoms with Crippen molar-refractivity contribution >= 4 is 11.9 Å². The van der Waals surface area contributed by atoms with E-state index in [1.807, 2.05) is 0 Å². The van der Waals surface area contributed by atoms with Crippen LogP contribution >= 0.6 is 0 Å². The fourth-order valence-electron chi connectivity index (χ4n) is 3.09. The van der Waals surface area contributed by atoms with Gasteiger partial charge >= 0.3 is 5.97 Å². The van der Waals surface area contributed by atoms with Crippen LogP contribution in [-0.4, -0.2) is 28.8 Å². The molecular weight excluding hydrogens is 419 g/mol. The monoisotopic (exact) mass is 438 g/mol. The molecule has 9 heteroatoms. The molecule has 0 saturated carbocycles. The van der Waals surface area contributed by atoms with Crippen molar-refractivity contribution < 1.29 is 33.3 Å². The van der Waals surface area contributed by atoms with E-state index in [9.17, 15) is 14.0 Å². The summed E-state index contributed by atoms with van der Waals surface area (Å²) in [6.45, 7) is 1.51. The predicted octanol–water partition coefficient (Wildman–Crippen LogP) is 3.86. The Hall–Kier alpha value is -4.14. The van der Waals surface area contributed by atoms with Gasteiger partial charge in [0.2, 0.25) is 12.7 Å². The van der Waals surface area contributed by atoms with Crippen LogP contribution in [0.25, 0.3) is 0 Å². The molecule has 2 N–H and O–H groups in total. The number of hydrogen-bond donors (Lipinski definition) is 2. The lowest BCUT2D eigenvalue weighted by atomic mass is 9.99. The van der Waals surface area contributed by atoms with E-state index in [2.05, 4.69) is 10.3 Å². The van der Waals surface area contributed by atoms with Crippen molar-refractivity contribution in [1.82, 2.24) is 10.3 Å². The molecule has 0 aliphatic carbocycles. The maximum absolute atomic E-state index is 14.4. The Morgan fingerprint density at radius 1 is 1.19 bits per heavy atom. The lowest BCUT2D eigenvalue weighted by Gasteiger charge is -2.12. The largest absolute Gasteiger partial charge is 0.481 e. The standard InChI is InChI=1S/C23H19FN2O6/c1-13(23(28)29)14-4-5-15(18(24)9-14)11-26-21(27)17-3-2-8-25-22(17)32-16-6-7-19-20(10-16)31-12-30-19/h2-10,13H,11-12H2,1H3,(H,26,27)(H,28,29). The van der Waals surface area contributed by atoms with Crippen LogP contribution in [0.15, 0.2) is 54.7 Å². The number of hydrogen-bond acceptors (Lipinski definition) is 6. The van der Waals surface area contributed by atoms with Gasteiger partial charge in [0.25, 0.3) is 5.91 Å². The number of carbonyl (C=O) groups is 2. The molecule has 1 unspecified atom stereocenters. The lowest BCUT2D eigenvalue weighted by Crippen LogP contribution is -2.24. The molecule has 1 aliphatic rings. The summed E-state index contributed by atoms with van der Waals surface area (Å²) in [5, 5.41) is 11.7. The van der Waals surface area contributed by atoms with Crippen LogP contribution in [0.3, 0.4) is 0 Å². The number of carbonyl (C=O) groups excluding carboxylic acids is 1. The zero-order chi connectivity index (χ0) is 22.7. The number of rotatable bonds is 7. The second-order valence-electron chi connectivity index (χ2n) is 7.07. The zero-order valence-electron chi connectivity index (χ0n) is 17.0. The highest BCUT2D eigenvalue weighted by atomic mass is 19.1. The normalized spacial score (nSPS) is 12.8. The Balaban J connectivity index is 1.46. The number of halogens is 1. The summed E-state index contributed by atoms with van der Waals surface area (Å²) in [7, 11) is 0. The van der Waals surface area contributed by atoms with Crippen molar-refractivity contribution in [3.05, 3.63) is 77.2 Å². The Labute approximate surface area is 182 Å². The number of carboxylic acid groups (broad SMARTS) is 1. The molecule has 1 atom stereocenters. The average Bonchev–Trinajstić information content (AvgIpc) is 3.25. The van der Waals surface area contributed by atoms with Gasteiger partial charge in [-0.05, 0) is 42.8 Å². The predicted molar refractivity (Wildman–Crippen MR) is 110 cm³/mol. The maximum atomic E-state index is 14.4. The Bertz CT molecular complexity index is 1180. The van der Waals surface area contributed by atoms with Gasteiger partial charge in [-0.2, -0.15) is 0 Å². The minimum atomic E-state index is -1.04. The zero-order valence-corrected chi connectivity index (χ0v) is 17.0. The molecule has 32 heavy (non-hydrogen) atoms. The van der Waals surface area contributed by atoms with Gasteiger partial charge in [0.1, 0.15) is 17.1 Å². The average molecular weight is 438 g/mol. The second kappa shape index (κ2) is 8.93. The van der Waals surface area contributed by atoms with Crippen LogP contribution in [0, 0.1) is 5.82 Å². The maximum Gasteiger partial charge on any atom is 0.310 e. The summed E-state index contributed by atoms with van der Waals surface area (Å²) in [6, 6.07) is 12.3. The number of aliphatic carboxylic acids is 1. The summed E-state index contributed by atoms with van der Waals surface area (Å²) < 4.78 is 30.7. The smallest absolute Gasteiger partial charge is 0.310 e. The van der Waals surface area contributed by atoms with Gasteiger partial charge in [-0.1, -0.05) is 12.1 Å². The van der Waals surface area contributed by atoms with Gasteiger partial charge in [-0.3, -0.25) is 9.59 Å². The van der Waals surface area contributed by atoms with E-state index in [0.29, 0.717) is 22.8 Å². The molecule has 0 fully saturated rings. The van der Waals surface area contributed by atoms with Gasteiger partial charge in [0.05, 0.1) is 5.92 Å². The van der Waals surface area contributed by atoms with Crippen molar-refractivity contribution in [3.63, 3.8) is 0 Å². The van der Waals surface area contributed by atoms with E-state index in [1.54, 1.807) is 30.3 Å². The minimum absolute atomic E-state index is 0.0787. The number of fused-ring (bicyclic) bond motifs is 1. The van der Waals surface area contributed by atoms with E-state index in [1.165, 1.54) is 31.3 Å². The molecule has 0 saturated heterocycles. The van der Waals surface area contributed by atoms with Gasteiger partial charge < -0.3 is 24.6 Å². The van der Waals surface area contributed by atoms with Crippen LogP contribution in [0.5, 0.6) is 23.1 Å². The Morgan fingerprint density at radius 2 is 2.00 bits per heavy atom. The molecule has 3 aromatic rings. The van der Waals surface area contributed by atoms with Gasteiger partial charge in [-0.15, -0.1) is 0 Å². The van der Waals surface area contributed by atoms with E-state index in [-0.39, 0.29) is 30.3 Å². The summed E-state index contributed by atoms with van der Waals surface area (Å²) in [6.07, 6.45) is 1.49. The fraction of sp³-hybridized carbons (Fsp3) is 0.174. The minimum Gasteiger partial charge on any atom is -0.481 e. The molecule has 4 rings (SSSR count). The first-order chi connectivity index (χ1) is 15.4. The van der Waals surface area contributed by atoms with E-state index in [4.69, 9.17) is 19.3 Å². The number of aromatic nitrogens is 1. The van der Waals surface area contributed by atoms with Crippen molar-refractivity contribution in [2.24, 2.45) is 0 Å². The number of benzene rings is 2. The van der Waals surface area contributed by atoms with Crippen LogP contribution in [0.4, 0.5) is 4.39 Å². The number of pyridine rings is 1. The lowest BCUT2D eigenvalue weighted by molar-refractivity contribution is -0.138. The number of nitrogens with one attached hydrogen (secondary N) is 1. The van der Waals surface area contributed by atoms with Gasteiger partial charge in [0.15, 0.2) is 11.5 Å². The SMILES string of the molecule is CC(C(=O)O)c1ccc(CNC(=O)c2cccnc2Oc2ccc3c(c2)OCO3)c(F)c1. The van der Waals surface area contributed by atoms with Gasteiger partial charge in [-0.25, -0.2) is 9.37 Å². The van der Waals surface area contributed by atoms with Crippen LogP contribution in [0.2, 0.25) is 0 Å². The van der Waals surface area contributed by atoms with Crippen molar-refractivity contribution in [3.8, 4) is 23.1 Å². The molecule has 8 nitrogen and oxygen atoms in total. The van der Waals surface area contributed by atoms with Crippen molar-refractivity contribution in [1.29, 1.82) is 0 Å². The molecule has 164 valence electrons. The first-order valence-electron chi connectivity index (χ1n) is 9.74. The molecular formula is C23H19FN2O6. The second-order valence-corrected chi connectivity index (χ2v) is 7.07. The topological polar surface area (TPSA) is 107 Å². The molecule has 1 amide bonds. The summed E-state index contributed by atoms with van der Waals surface area (Å²) >= 11 is 0. The number of ether oxygens (including phenoxy) is 3. The third kappa shape index (κ3) is 4.46. The number of nitrogens with zero attached hydrogens (tertiary/aromatic N) is 1. The number of amides is 1. The molecule has 1 aliphatic heterocycles. The molecule has 0 spiro atoms. The Morgan fingerprint density at radius 3 is 2.78 bits per heavy atom. The van der Waals surface area contributed by atoms with E-state index >= 15 is 0 Å². The van der Waals surface area contributed by atoms with Gasteiger partial charge in [0, 0.05) is 24.4 Å². The first-order valence-corrected chi connectivity index (χ1v) is 9.74. The van der Waals surface area contributed by atoms with Crippen LogP contribution < -0.4 is 19.5 Å². The third-order valence-corrected chi connectivity index (χ3v) is 4.96. The summed E-state index contributed by atoms with van der Waals surface area (Å²) in [4.78, 5) is 27.9. The van der Waals surface area contributed by atoms with Crippen LogP contribution in [-0.2, 0) is 11.3 Å². The quantitative estimate of drug-likeness (QED) is 0.577. The highest BCUT2D eigenvalue weighted by molar-refractivity contribution is 5.96. The summed E-state index contributed by atoms with van der Waals surface area (Å²) in [5.74, 6) is -1.36. The third-order valence-electron chi connectivity index (χ3n) is 4.96. The summed E-state index contributed by atoms with van der Waals surface area (Å²) in [5.41, 5.74) is 0.736. The highest BCUT2D eigenvalue weighted by Gasteiger charge is 2.19. The van der Waals surface area contributed by atoms with Crippen LogP contribution in [0.1, 0.15) is 34.3 Å². The fourth-order valence-corrected chi connectivity index (χ4v) is 3.09. The van der Waals surface area contributed by atoms with E-state index < -0.39 is 23.6 Å². The molecule has 0 bridgehead atoms. The highest BCUT2D eigenvalue weighted by Crippen LogP contribution is 2.36. The first kappa shape index (κ1) is 21.1. The number of carboxylic acids is 1. The molecule has 1 aromatic heterocycles.